The molecular weight excluding hydrogens is 168 g/mol. The van der Waals surface area contributed by atoms with Crippen molar-refractivity contribution in [2.24, 2.45) is 0 Å². The Bertz CT molecular complexity index is 138. The zero-order valence-electron chi connectivity index (χ0n) is 5.99. The minimum Gasteiger partial charge on any atom is -0.451 e. The predicted octanol–water partition coefficient (Wildman–Crippen LogP) is 1.70. The van der Waals surface area contributed by atoms with Crippen molar-refractivity contribution < 1.29 is 9.53 Å². The number of ether oxygens (including phenoxy) is 1. The molecule has 0 aliphatic carbocycles. The molecule has 1 heterocycles. The number of thioether (sulfide) groups is 2. The van der Waals surface area contributed by atoms with Gasteiger partial charge in [-0.1, -0.05) is 0 Å². The zero-order chi connectivity index (χ0) is 7.56. The van der Waals surface area contributed by atoms with Crippen LogP contribution in [0.15, 0.2) is 0 Å². The minimum atomic E-state index is -0.174. The van der Waals surface area contributed by atoms with Crippen molar-refractivity contribution in [3.8, 4) is 0 Å². The molecule has 0 bridgehead atoms. The van der Waals surface area contributed by atoms with Gasteiger partial charge >= 0.3 is 5.97 Å². The number of carbonyl (C=O) groups is 1. The van der Waals surface area contributed by atoms with Crippen LogP contribution in [0.1, 0.15) is 13.8 Å². The molecule has 1 fully saturated rings. The van der Waals surface area contributed by atoms with E-state index in [1.165, 1.54) is 6.92 Å². The minimum absolute atomic E-state index is 0.0949. The van der Waals surface area contributed by atoms with Crippen LogP contribution in [0.3, 0.4) is 0 Å². The highest BCUT2D eigenvalue weighted by Gasteiger charge is 2.24. The van der Waals surface area contributed by atoms with Gasteiger partial charge in [0.05, 0.1) is 4.58 Å². The van der Waals surface area contributed by atoms with Gasteiger partial charge in [-0.2, -0.15) is 0 Å². The van der Waals surface area contributed by atoms with Crippen LogP contribution in [0, 0.1) is 0 Å². The second kappa shape index (κ2) is 3.53. The van der Waals surface area contributed by atoms with Crippen molar-refractivity contribution in [2.75, 3.05) is 5.75 Å². The lowest BCUT2D eigenvalue weighted by Crippen LogP contribution is -2.11. The summed E-state index contributed by atoms with van der Waals surface area (Å²) in [5.41, 5.74) is 0.0949. The quantitative estimate of drug-likeness (QED) is 0.571. The van der Waals surface area contributed by atoms with E-state index in [1.54, 1.807) is 11.8 Å². The lowest BCUT2D eigenvalue weighted by Gasteiger charge is -2.06. The average molecular weight is 178 g/mol. The van der Waals surface area contributed by atoms with Gasteiger partial charge in [0.1, 0.15) is 0 Å². The summed E-state index contributed by atoms with van der Waals surface area (Å²) in [7, 11) is 0. The van der Waals surface area contributed by atoms with E-state index in [2.05, 4.69) is 6.92 Å². The summed E-state index contributed by atoms with van der Waals surface area (Å²) in [6, 6.07) is 0. The molecule has 0 aromatic carbocycles. The molecule has 10 heavy (non-hydrogen) atoms. The number of hydrogen-bond acceptors (Lipinski definition) is 4. The maximum absolute atomic E-state index is 10.5. The Hall–Kier alpha value is 0.170. The van der Waals surface area contributed by atoms with E-state index in [9.17, 15) is 4.79 Å². The van der Waals surface area contributed by atoms with Gasteiger partial charge in [0, 0.05) is 12.7 Å². The highest BCUT2D eigenvalue weighted by Crippen LogP contribution is 2.37. The van der Waals surface area contributed by atoms with E-state index in [-0.39, 0.29) is 11.4 Å². The molecule has 1 aliphatic heterocycles. The van der Waals surface area contributed by atoms with Gasteiger partial charge in [-0.05, 0) is 6.92 Å². The molecule has 1 rings (SSSR count). The van der Waals surface area contributed by atoms with Gasteiger partial charge in [0.25, 0.3) is 0 Å². The van der Waals surface area contributed by atoms with Crippen LogP contribution in [0.4, 0.5) is 0 Å². The van der Waals surface area contributed by atoms with Crippen LogP contribution in [0.25, 0.3) is 0 Å². The molecule has 58 valence electrons. The summed E-state index contributed by atoms with van der Waals surface area (Å²) in [6.45, 7) is 3.58. The normalized spacial score (nSPS) is 32.2. The Morgan fingerprint density at radius 2 is 2.40 bits per heavy atom. The monoisotopic (exact) mass is 178 g/mol. The molecule has 0 N–H and O–H groups in total. The van der Waals surface area contributed by atoms with E-state index < -0.39 is 0 Å². The maximum atomic E-state index is 10.5. The molecule has 2 atom stereocenters. The first-order valence-electron chi connectivity index (χ1n) is 3.13. The Labute approximate surface area is 69.1 Å². The molecule has 0 saturated carbocycles. The lowest BCUT2D eigenvalue weighted by atomic mass is 10.8. The Balaban J connectivity index is 2.24. The van der Waals surface area contributed by atoms with Crippen LogP contribution in [0.2, 0.25) is 0 Å². The van der Waals surface area contributed by atoms with E-state index in [1.807, 2.05) is 11.8 Å². The van der Waals surface area contributed by atoms with Crippen LogP contribution in [0.5, 0.6) is 0 Å². The van der Waals surface area contributed by atoms with Gasteiger partial charge < -0.3 is 4.74 Å². The second-order valence-corrected chi connectivity index (χ2v) is 5.25. The largest absolute Gasteiger partial charge is 0.451 e. The number of rotatable bonds is 1. The van der Waals surface area contributed by atoms with Crippen LogP contribution < -0.4 is 0 Å². The van der Waals surface area contributed by atoms with Gasteiger partial charge in [-0.15, -0.1) is 23.5 Å². The molecule has 1 aliphatic rings. The molecule has 0 aromatic heterocycles. The number of hydrogen-bond donors (Lipinski definition) is 0. The summed E-state index contributed by atoms with van der Waals surface area (Å²) in [5.74, 6) is 0.762. The molecule has 0 spiro atoms. The van der Waals surface area contributed by atoms with Crippen molar-refractivity contribution in [3.05, 3.63) is 0 Å². The molecule has 0 amide bonds. The SMILES string of the molecule is CC(=O)OC1CSC(C)S1. The van der Waals surface area contributed by atoms with Gasteiger partial charge in [-0.3, -0.25) is 4.79 Å². The molecular formula is C6H10O2S2. The smallest absolute Gasteiger partial charge is 0.303 e. The Morgan fingerprint density at radius 1 is 1.70 bits per heavy atom. The van der Waals surface area contributed by atoms with E-state index >= 15 is 0 Å². The molecule has 0 aromatic rings. The first-order chi connectivity index (χ1) is 4.68. The van der Waals surface area contributed by atoms with Crippen molar-refractivity contribution in [3.63, 3.8) is 0 Å². The number of carbonyl (C=O) groups excluding carboxylic acids is 1. The van der Waals surface area contributed by atoms with E-state index in [4.69, 9.17) is 4.74 Å². The Kier molecular flexibility index (Phi) is 2.92. The van der Waals surface area contributed by atoms with E-state index in [0.29, 0.717) is 4.58 Å². The summed E-state index contributed by atoms with van der Waals surface area (Å²) < 4.78 is 5.56. The van der Waals surface area contributed by atoms with E-state index in [0.717, 1.165) is 5.75 Å². The number of esters is 1. The standard InChI is InChI=1S/C6H10O2S2/c1-4(7)8-6-3-9-5(2)10-6/h5-6H,3H2,1-2H3. The van der Waals surface area contributed by atoms with Crippen LogP contribution in [-0.4, -0.2) is 21.7 Å². The van der Waals surface area contributed by atoms with Crippen molar-refractivity contribution >= 4 is 29.5 Å². The van der Waals surface area contributed by atoms with Crippen molar-refractivity contribution in [2.45, 2.75) is 23.9 Å². The molecule has 2 nitrogen and oxygen atoms in total. The maximum Gasteiger partial charge on any atom is 0.303 e. The lowest BCUT2D eigenvalue weighted by molar-refractivity contribution is -0.141. The topological polar surface area (TPSA) is 26.3 Å². The second-order valence-electron chi connectivity index (χ2n) is 2.08. The van der Waals surface area contributed by atoms with Crippen molar-refractivity contribution in [1.82, 2.24) is 0 Å². The fourth-order valence-electron chi connectivity index (χ4n) is 0.753. The average Bonchev–Trinajstić information content (AvgIpc) is 2.13. The van der Waals surface area contributed by atoms with Gasteiger partial charge in [0.15, 0.2) is 5.44 Å². The summed E-state index contributed by atoms with van der Waals surface area (Å²) in [5, 5.41) is 0. The zero-order valence-corrected chi connectivity index (χ0v) is 7.63. The van der Waals surface area contributed by atoms with Gasteiger partial charge in [0.2, 0.25) is 0 Å². The Morgan fingerprint density at radius 3 is 2.80 bits per heavy atom. The van der Waals surface area contributed by atoms with Gasteiger partial charge in [-0.25, -0.2) is 0 Å². The molecule has 1 saturated heterocycles. The molecule has 4 heteroatoms. The highest BCUT2D eigenvalue weighted by atomic mass is 32.2. The van der Waals surface area contributed by atoms with Crippen LogP contribution in [-0.2, 0) is 9.53 Å². The molecule has 0 radical (unpaired) electrons. The van der Waals surface area contributed by atoms with Crippen molar-refractivity contribution in [1.29, 1.82) is 0 Å². The third-order valence-corrected chi connectivity index (χ3v) is 3.97. The predicted molar refractivity (Wildman–Crippen MR) is 45.1 cm³/mol. The fourth-order valence-corrected chi connectivity index (χ4v) is 3.34. The van der Waals surface area contributed by atoms with Crippen LogP contribution >= 0.6 is 23.5 Å². The first kappa shape index (κ1) is 8.27. The fraction of sp³-hybridized carbons (Fsp3) is 0.833. The summed E-state index contributed by atoms with van der Waals surface area (Å²) >= 11 is 3.55. The molecule has 2 unspecified atom stereocenters. The third kappa shape index (κ3) is 2.42. The first-order valence-corrected chi connectivity index (χ1v) is 5.12. The highest BCUT2D eigenvalue weighted by molar-refractivity contribution is 8.20. The summed E-state index contributed by atoms with van der Waals surface area (Å²) in [6.07, 6.45) is 0. The third-order valence-electron chi connectivity index (χ3n) is 1.11. The summed E-state index contributed by atoms with van der Waals surface area (Å²) in [4.78, 5) is 10.5.